The van der Waals surface area contributed by atoms with Gasteiger partial charge in [0.1, 0.15) is 5.67 Å². The van der Waals surface area contributed by atoms with Crippen molar-refractivity contribution in [1.29, 1.82) is 0 Å². The van der Waals surface area contributed by atoms with Crippen molar-refractivity contribution in [2.24, 2.45) is 0 Å². The number of aliphatic carboxylic acids is 1. The molecular weight excluding hydrogens is 207 g/mol. The molecule has 2 nitrogen and oxygen atoms in total. The number of rotatable bonds is 5. The zero-order chi connectivity index (χ0) is 12.2. The number of halogens is 1. The van der Waals surface area contributed by atoms with Crippen LogP contribution in [0.5, 0.6) is 0 Å². The Bertz CT molecular complexity index is 366. The molecule has 0 bridgehead atoms. The molecule has 0 saturated heterocycles. The van der Waals surface area contributed by atoms with Gasteiger partial charge < -0.3 is 5.11 Å². The number of carboxylic acids is 1. The van der Waals surface area contributed by atoms with Gasteiger partial charge in [0.25, 0.3) is 0 Å². The summed E-state index contributed by atoms with van der Waals surface area (Å²) in [6, 6.07) is 7.31. The van der Waals surface area contributed by atoms with Gasteiger partial charge in [0, 0.05) is 0 Å². The number of carbonyl (C=O) groups is 1. The van der Waals surface area contributed by atoms with Gasteiger partial charge in [-0.1, -0.05) is 24.3 Å². The molecule has 0 radical (unpaired) electrons. The lowest BCUT2D eigenvalue weighted by Crippen LogP contribution is -2.13. The molecule has 0 amide bonds. The predicted molar refractivity (Wildman–Crippen MR) is 61.3 cm³/mol. The standard InChI is InChI=1S/C13H17FO2/c1-13(2,14)8-7-10-5-3-4-6-11(10)9-12(15)16/h3-6H,7-9H2,1-2H3,(H,15,16). The molecule has 1 aromatic rings. The summed E-state index contributed by atoms with van der Waals surface area (Å²) in [4.78, 5) is 10.6. The SMILES string of the molecule is CC(C)(F)CCc1ccccc1CC(=O)O. The Hall–Kier alpha value is -1.38. The molecule has 0 aliphatic carbocycles. The van der Waals surface area contributed by atoms with Gasteiger partial charge in [-0.15, -0.1) is 0 Å². The van der Waals surface area contributed by atoms with Crippen LogP contribution in [-0.2, 0) is 17.6 Å². The Morgan fingerprint density at radius 3 is 2.38 bits per heavy atom. The Morgan fingerprint density at radius 1 is 1.31 bits per heavy atom. The summed E-state index contributed by atoms with van der Waals surface area (Å²) in [5.41, 5.74) is 0.492. The van der Waals surface area contributed by atoms with Crippen LogP contribution in [0.1, 0.15) is 31.4 Å². The summed E-state index contributed by atoms with van der Waals surface area (Å²) in [6.07, 6.45) is 0.986. The maximum atomic E-state index is 13.4. The van der Waals surface area contributed by atoms with Crippen molar-refractivity contribution in [1.82, 2.24) is 0 Å². The first kappa shape index (κ1) is 12.7. The molecular formula is C13H17FO2. The molecule has 0 atom stereocenters. The molecule has 0 spiro atoms. The quantitative estimate of drug-likeness (QED) is 0.834. The van der Waals surface area contributed by atoms with Crippen LogP contribution in [0.4, 0.5) is 4.39 Å². The lowest BCUT2D eigenvalue weighted by molar-refractivity contribution is -0.136. The van der Waals surface area contributed by atoms with Crippen LogP contribution in [0.25, 0.3) is 0 Å². The molecule has 3 heteroatoms. The molecule has 16 heavy (non-hydrogen) atoms. The predicted octanol–water partition coefficient (Wildman–Crippen LogP) is 2.99. The second kappa shape index (κ2) is 5.10. The molecule has 0 heterocycles. The minimum absolute atomic E-state index is 0.00286. The molecule has 0 aromatic heterocycles. The first-order valence-corrected chi connectivity index (χ1v) is 5.36. The Morgan fingerprint density at radius 2 is 1.88 bits per heavy atom. The summed E-state index contributed by atoms with van der Waals surface area (Å²) in [6.45, 7) is 3.07. The lowest BCUT2D eigenvalue weighted by Gasteiger charge is -2.15. The average Bonchev–Trinajstić information content (AvgIpc) is 2.14. The van der Waals surface area contributed by atoms with Gasteiger partial charge in [0.15, 0.2) is 0 Å². The molecule has 1 N–H and O–H groups in total. The number of alkyl halides is 1. The zero-order valence-electron chi connectivity index (χ0n) is 9.66. The smallest absolute Gasteiger partial charge is 0.307 e. The summed E-state index contributed by atoms with van der Waals surface area (Å²) in [5, 5.41) is 8.75. The molecule has 1 aromatic carbocycles. The maximum Gasteiger partial charge on any atom is 0.307 e. The molecule has 0 aliphatic heterocycles. The van der Waals surface area contributed by atoms with E-state index in [-0.39, 0.29) is 6.42 Å². The van der Waals surface area contributed by atoms with Gasteiger partial charge >= 0.3 is 5.97 Å². The van der Waals surface area contributed by atoms with Crippen LogP contribution in [0, 0.1) is 0 Å². The Balaban J connectivity index is 2.75. The first-order chi connectivity index (χ1) is 7.38. The molecule has 1 rings (SSSR count). The van der Waals surface area contributed by atoms with Crippen LogP contribution in [0.3, 0.4) is 0 Å². The highest BCUT2D eigenvalue weighted by Gasteiger charge is 2.16. The average molecular weight is 224 g/mol. The number of hydrogen-bond donors (Lipinski definition) is 1. The van der Waals surface area contributed by atoms with Crippen molar-refractivity contribution < 1.29 is 14.3 Å². The van der Waals surface area contributed by atoms with Crippen LogP contribution in [0.2, 0.25) is 0 Å². The van der Waals surface area contributed by atoms with Crippen molar-refractivity contribution in [3.05, 3.63) is 35.4 Å². The molecule has 0 unspecified atom stereocenters. The van der Waals surface area contributed by atoms with E-state index < -0.39 is 11.6 Å². The number of carboxylic acid groups (broad SMARTS) is 1. The van der Waals surface area contributed by atoms with Crippen LogP contribution in [-0.4, -0.2) is 16.7 Å². The van der Waals surface area contributed by atoms with Crippen molar-refractivity contribution >= 4 is 5.97 Å². The van der Waals surface area contributed by atoms with Gasteiger partial charge in [0.05, 0.1) is 6.42 Å². The Labute approximate surface area is 95.1 Å². The number of hydrogen-bond acceptors (Lipinski definition) is 1. The van der Waals surface area contributed by atoms with E-state index in [4.69, 9.17) is 5.11 Å². The monoisotopic (exact) mass is 224 g/mol. The third-order valence-electron chi connectivity index (χ3n) is 2.45. The highest BCUT2D eigenvalue weighted by atomic mass is 19.1. The van der Waals surface area contributed by atoms with Crippen LogP contribution in [0.15, 0.2) is 24.3 Å². The second-order valence-electron chi connectivity index (χ2n) is 4.56. The van der Waals surface area contributed by atoms with Gasteiger partial charge in [0.2, 0.25) is 0 Å². The van der Waals surface area contributed by atoms with Crippen molar-refractivity contribution in [3.63, 3.8) is 0 Å². The largest absolute Gasteiger partial charge is 0.481 e. The van der Waals surface area contributed by atoms with Crippen molar-refractivity contribution in [2.45, 2.75) is 38.8 Å². The molecule has 0 fully saturated rings. The van der Waals surface area contributed by atoms with E-state index in [1.807, 2.05) is 18.2 Å². The van der Waals surface area contributed by atoms with Crippen LogP contribution < -0.4 is 0 Å². The van der Waals surface area contributed by atoms with Crippen molar-refractivity contribution in [2.75, 3.05) is 0 Å². The van der Waals surface area contributed by atoms with Crippen LogP contribution >= 0.6 is 0 Å². The fourth-order valence-corrected chi connectivity index (χ4v) is 1.57. The lowest BCUT2D eigenvalue weighted by atomic mass is 9.96. The van der Waals surface area contributed by atoms with Gasteiger partial charge in [-0.25, -0.2) is 4.39 Å². The van der Waals surface area contributed by atoms with Gasteiger partial charge in [-0.05, 0) is 37.8 Å². The zero-order valence-corrected chi connectivity index (χ0v) is 9.66. The number of aryl methyl sites for hydroxylation is 1. The third kappa shape index (κ3) is 4.43. The Kier molecular flexibility index (Phi) is 4.05. The van der Waals surface area contributed by atoms with Crippen molar-refractivity contribution in [3.8, 4) is 0 Å². The maximum absolute atomic E-state index is 13.4. The van der Waals surface area contributed by atoms with E-state index >= 15 is 0 Å². The molecule has 0 aliphatic rings. The highest BCUT2D eigenvalue weighted by Crippen LogP contribution is 2.19. The summed E-state index contributed by atoms with van der Waals surface area (Å²) >= 11 is 0. The fourth-order valence-electron chi connectivity index (χ4n) is 1.57. The first-order valence-electron chi connectivity index (χ1n) is 5.36. The summed E-state index contributed by atoms with van der Waals surface area (Å²) in [7, 11) is 0. The summed E-state index contributed by atoms with van der Waals surface area (Å²) in [5.74, 6) is -0.855. The minimum atomic E-state index is -1.21. The normalized spacial score (nSPS) is 11.4. The van der Waals surface area contributed by atoms with E-state index in [2.05, 4.69) is 0 Å². The minimum Gasteiger partial charge on any atom is -0.481 e. The van der Waals surface area contributed by atoms with Gasteiger partial charge in [-0.2, -0.15) is 0 Å². The fraction of sp³-hybridized carbons (Fsp3) is 0.462. The topological polar surface area (TPSA) is 37.3 Å². The van der Waals surface area contributed by atoms with E-state index in [9.17, 15) is 9.18 Å². The second-order valence-corrected chi connectivity index (χ2v) is 4.56. The molecule has 0 saturated carbocycles. The van der Waals surface area contributed by atoms with E-state index in [1.54, 1.807) is 6.07 Å². The highest BCUT2D eigenvalue weighted by molar-refractivity contribution is 5.70. The third-order valence-corrected chi connectivity index (χ3v) is 2.45. The van der Waals surface area contributed by atoms with Gasteiger partial charge in [-0.3, -0.25) is 4.79 Å². The summed E-state index contributed by atoms with van der Waals surface area (Å²) < 4.78 is 13.4. The molecule has 88 valence electrons. The van der Waals surface area contributed by atoms with E-state index in [1.165, 1.54) is 13.8 Å². The van der Waals surface area contributed by atoms with E-state index in [0.717, 1.165) is 11.1 Å². The van der Waals surface area contributed by atoms with E-state index in [0.29, 0.717) is 12.8 Å². The number of benzene rings is 1.